The minimum absolute atomic E-state index is 0.0275. The van der Waals surface area contributed by atoms with E-state index in [2.05, 4.69) is 6.07 Å². The number of thioether (sulfide) groups is 1. The van der Waals surface area contributed by atoms with Gasteiger partial charge < -0.3 is 9.64 Å². The van der Waals surface area contributed by atoms with Crippen molar-refractivity contribution in [2.24, 2.45) is 0 Å². The molecule has 1 fully saturated rings. The summed E-state index contributed by atoms with van der Waals surface area (Å²) in [6.07, 6.45) is 0. The van der Waals surface area contributed by atoms with E-state index >= 15 is 0 Å². The van der Waals surface area contributed by atoms with Crippen LogP contribution in [0, 0.1) is 21.4 Å². The van der Waals surface area contributed by atoms with Crippen LogP contribution in [0.3, 0.4) is 0 Å². The van der Waals surface area contributed by atoms with Gasteiger partial charge in [0.2, 0.25) is 5.91 Å². The summed E-state index contributed by atoms with van der Waals surface area (Å²) in [4.78, 5) is 29.7. The molecule has 0 atom stereocenters. The average Bonchev–Trinajstić information content (AvgIpc) is 2.87. The van der Waals surface area contributed by atoms with Gasteiger partial charge in [-0.3, -0.25) is 14.9 Å². The molecule has 0 saturated carbocycles. The number of hydrogen-bond acceptors (Lipinski definition) is 7. The third-order valence-corrected chi connectivity index (χ3v) is 6.21. The highest BCUT2D eigenvalue weighted by molar-refractivity contribution is 8.00. The zero-order chi connectivity index (χ0) is 23.2. The predicted molar refractivity (Wildman–Crippen MR) is 125 cm³/mol. The van der Waals surface area contributed by atoms with Crippen LogP contribution < -0.4 is 0 Å². The molecule has 0 radical (unpaired) electrons. The predicted octanol–water partition coefficient (Wildman–Crippen LogP) is 4.15. The molecule has 33 heavy (non-hydrogen) atoms. The number of ether oxygens (including phenoxy) is 1. The van der Waals surface area contributed by atoms with Gasteiger partial charge in [0, 0.05) is 36.3 Å². The lowest BCUT2D eigenvalue weighted by Gasteiger charge is -2.26. The minimum atomic E-state index is -0.463. The summed E-state index contributed by atoms with van der Waals surface area (Å²) < 4.78 is 5.30. The molecule has 3 aromatic rings. The van der Waals surface area contributed by atoms with Crippen molar-refractivity contribution in [2.45, 2.75) is 5.03 Å². The number of nitrogens with zero attached hydrogens (tertiary/aromatic N) is 4. The van der Waals surface area contributed by atoms with Crippen molar-refractivity contribution in [2.75, 3.05) is 32.1 Å². The maximum atomic E-state index is 12.7. The lowest BCUT2D eigenvalue weighted by atomic mass is 9.99. The molecular formula is C24H20N4O4S. The summed E-state index contributed by atoms with van der Waals surface area (Å²) in [5, 5.41) is 21.4. The molecule has 0 aliphatic carbocycles. The second kappa shape index (κ2) is 10.3. The van der Waals surface area contributed by atoms with E-state index in [1.165, 1.54) is 23.9 Å². The zero-order valence-electron chi connectivity index (χ0n) is 17.6. The molecule has 0 bridgehead atoms. The third kappa shape index (κ3) is 5.19. The van der Waals surface area contributed by atoms with Crippen molar-refractivity contribution in [1.82, 2.24) is 9.88 Å². The number of rotatable bonds is 6. The highest BCUT2D eigenvalue weighted by Crippen LogP contribution is 2.35. The summed E-state index contributed by atoms with van der Waals surface area (Å²) in [5.74, 6) is 0.121. The van der Waals surface area contributed by atoms with Gasteiger partial charge in [-0.2, -0.15) is 5.26 Å². The largest absolute Gasteiger partial charge is 0.378 e. The monoisotopic (exact) mass is 460 g/mol. The van der Waals surface area contributed by atoms with E-state index in [0.29, 0.717) is 53.7 Å². The van der Waals surface area contributed by atoms with Crippen molar-refractivity contribution in [3.05, 3.63) is 76.3 Å². The van der Waals surface area contributed by atoms with Crippen molar-refractivity contribution in [3.8, 4) is 28.5 Å². The summed E-state index contributed by atoms with van der Waals surface area (Å²) in [7, 11) is 0. The highest BCUT2D eigenvalue weighted by Gasteiger charge is 2.21. The Bertz CT molecular complexity index is 1200. The topological polar surface area (TPSA) is 109 Å². The van der Waals surface area contributed by atoms with E-state index in [0.717, 1.165) is 5.56 Å². The second-order valence-electron chi connectivity index (χ2n) is 7.30. The fourth-order valence-electron chi connectivity index (χ4n) is 3.52. The van der Waals surface area contributed by atoms with Crippen LogP contribution in [0.4, 0.5) is 5.69 Å². The Kier molecular flexibility index (Phi) is 6.98. The molecule has 1 amide bonds. The van der Waals surface area contributed by atoms with Gasteiger partial charge >= 0.3 is 0 Å². The van der Waals surface area contributed by atoms with Gasteiger partial charge in [-0.05, 0) is 23.8 Å². The number of morpholine rings is 1. The highest BCUT2D eigenvalue weighted by atomic mass is 32.2. The molecule has 8 nitrogen and oxygen atoms in total. The number of carbonyl (C=O) groups is 1. The number of amides is 1. The van der Waals surface area contributed by atoms with E-state index in [1.807, 2.05) is 36.4 Å². The third-order valence-electron chi connectivity index (χ3n) is 5.25. The van der Waals surface area contributed by atoms with E-state index < -0.39 is 4.92 Å². The van der Waals surface area contributed by atoms with E-state index in [-0.39, 0.29) is 17.3 Å². The van der Waals surface area contributed by atoms with Crippen LogP contribution in [0.15, 0.2) is 65.7 Å². The lowest BCUT2D eigenvalue weighted by molar-refractivity contribution is -0.384. The normalized spacial score (nSPS) is 13.4. The molecule has 2 heterocycles. The van der Waals surface area contributed by atoms with Gasteiger partial charge in [0.15, 0.2) is 0 Å². The Morgan fingerprint density at radius 3 is 2.45 bits per heavy atom. The Labute approximate surface area is 195 Å². The first-order valence-corrected chi connectivity index (χ1v) is 11.3. The number of carbonyl (C=O) groups excluding carboxylic acids is 1. The van der Waals surface area contributed by atoms with Gasteiger partial charge in [-0.1, -0.05) is 42.1 Å². The first kappa shape index (κ1) is 22.5. The fourth-order valence-corrected chi connectivity index (χ4v) is 4.42. The standard InChI is InChI=1S/C24H20N4O4S/c25-15-21-20(17-6-8-19(9-7-17)28(30)31)14-22(18-4-2-1-3-5-18)26-24(21)33-16-23(29)27-10-12-32-13-11-27/h1-9,14H,10-13,16H2. The number of nitro groups is 1. The number of nitro benzene ring substituents is 1. The summed E-state index contributed by atoms with van der Waals surface area (Å²) >= 11 is 1.23. The molecule has 1 aliphatic rings. The number of hydrogen-bond donors (Lipinski definition) is 0. The van der Waals surface area contributed by atoms with Crippen LogP contribution in [-0.2, 0) is 9.53 Å². The second-order valence-corrected chi connectivity index (χ2v) is 8.26. The summed E-state index contributed by atoms with van der Waals surface area (Å²) in [5.41, 5.74) is 3.11. The SMILES string of the molecule is N#Cc1c(-c2ccc([N+](=O)[O-])cc2)cc(-c2ccccc2)nc1SCC(=O)N1CCOCC1. The van der Waals surface area contributed by atoms with Gasteiger partial charge in [-0.25, -0.2) is 4.98 Å². The Morgan fingerprint density at radius 1 is 1.12 bits per heavy atom. The lowest BCUT2D eigenvalue weighted by Crippen LogP contribution is -2.41. The molecule has 2 aromatic carbocycles. The number of non-ortho nitro benzene ring substituents is 1. The number of benzene rings is 2. The van der Waals surface area contributed by atoms with Crippen LogP contribution in [0.1, 0.15) is 5.56 Å². The maximum Gasteiger partial charge on any atom is 0.269 e. The van der Waals surface area contributed by atoms with Crippen LogP contribution in [0.2, 0.25) is 0 Å². The van der Waals surface area contributed by atoms with Crippen molar-refractivity contribution < 1.29 is 14.5 Å². The smallest absolute Gasteiger partial charge is 0.269 e. The molecule has 4 rings (SSSR count). The Morgan fingerprint density at radius 2 is 1.82 bits per heavy atom. The zero-order valence-corrected chi connectivity index (χ0v) is 18.5. The molecule has 1 saturated heterocycles. The summed E-state index contributed by atoms with van der Waals surface area (Å²) in [6, 6.07) is 19.6. The first-order valence-electron chi connectivity index (χ1n) is 10.3. The fraction of sp³-hybridized carbons (Fsp3) is 0.208. The van der Waals surface area contributed by atoms with Crippen LogP contribution >= 0.6 is 11.8 Å². The van der Waals surface area contributed by atoms with E-state index in [4.69, 9.17) is 9.72 Å². The number of aromatic nitrogens is 1. The molecular weight excluding hydrogens is 440 g/mol. The summed E-state index contributed by atoms with van der Waals surface area (Å²) in [6.45, 7) is 2.14. The van der Waals surface area contributed by atoms with Crippen molar-refractivity contribution >= 4 is 23.4 Å². The van der Waals surface area contributed by atoms with Gasteiger partial charge in [-0.15, -0.1) is 0 Å². The molecule has 0 spiro atoms. The molecule has 1 aliphatic heterocycles. The molecule has 166 valence electrons. The quantitative estimate of drug-likeness (QED) is 0.309. The maximum absolute atomic E-state index is 12.7. The van der Waals surface area contributed by atoms with Crippen LogP contribution in [-0.4, -0.2) is 52.8 Å². The van der Waals surface area contributed by atoms with Crippen LogP contribution in [0.5, 0.6) is 0 Å². The van der Waals surface area contributed by atoms with Gasteiger partial charge in [0.1, 0.15) is 11.1 Å². The van der Waals surface area contributed by atoms with Gasteiger partial charge in [0.25, 0.3) is 5.69 Å². The van der Waals surface area contributed by atoms with E-state index in [1.54, 1.807) is 17.0 Å². The first-order chi connectivity index (χ1) is 16.1. The molecule has 1 aromatic heterocycles. The molecule has 0 N–H and O–H groups in total. The van der Waals surface area contributed by atoms with E-state index in [9.17, 15) is 20.2 Å². The van der Waals surface area contributed by atoms with Gasteiger partial charge in [0.05, 0.1) is 35.1 Å². The molecule has 9 heteroatoms. The average molecular weight is 461 g/mol. The Hall–Kier alpha value is -3.74. The number of nitriles is 1. The van der Waals surface area contributed by atoms with Crippen LogP contribution in [0.25, 0.3) is 22.4 Å². The Balaban J connectivity index is 1.72. The molecule has 0 unspecified atom stereocenters. The van der Waals surface area contributed by atoms with Crippen molar-refractivity contribution in [1.29, 1.82) is 5.26 Å². The minimum Gasteiger partial charge on any atom is -0.378 e. The van der Waals surface area contributed by atoms with Crippen molar-refractivity contribution in [3.63, 3.8) is 0 Å². The number of pyridine rings is 1.